The Balaban J connectivity index is 1.63. The van der Waals surface area contributed by atoms with Crippen LogP contribution < -0.4 is 4.90 Å². The van der Waals surface area contributed by atoms with E-state index >= 15 is 0 Å². The second-order valence-corrected chi connectivity index (χ2v) is 7.13. The fourth-order valence-electron chi connectivity index (χ4n) is 3.94. The van der Waals surface area contributed by atoms with Crippen molar-refractivity contribution in [3.8, 4) is 11.4 Å². The number of benzene rings is 2. The molecule has 2 aromatic carbocycles. The van der Waals surface area contributed by atoms with Crippen LogP contribution >= 0.6 is 0 Å². The second kappa shape index (κ2) is 6.70. The summed E-state index contributed by atoms with van der Waals surface area (Å²) in [4.78, 5) is 23.4. The number of hydrogen-bond acceptors (Lipinski definition) is 5. The minimum atomic E-state index is -0.978. The summed E-state index contributed by atoms with van der Waals surface area (Å²) >= 11 is 0. The highest BCUT2D eigenvalue weighted by molar-refractivity contribution is 5.91. The number of hydrogen-bond donors (Lipinski definition) is 1. The summed E-state index contributed by atoms with van der Waals surface area (Å²) in [5, 5.41) is 14.6. The van der Waals surface area contributed by atoms with Gasteiger partial charge in [-0.1, -0.05) is 42.5 Å². The van der Waals surface area contributed by atoms with Crippen molar-refractivity contribution in [3.63, 3.8) is 0 Å². The molecule has 0 bridgehead atoms. The van der Waals surface area contributed by atoms with Crippen LogP contribution in [0.4, 0.5) is 5.82 Å². The van der Waals surface area contributed by atoms with E-state index in [2.05, 4.69) is 10.00 Å². The standard InChI is InChI=1S/C22H19N5O2/c1-26-18-13-27(12-11-16(18)19(25-26)22(28)29)21-15-9-5-6-10-17(15)23-20(24-21)14-7-3-2-4-8-14/h2-10H,11-13H2,1H3,(H,28,29). The second-order valence-electron chi connectivity index (χ2n) is 7.13. The zero-order valence-electron chi connectivity index (χ0n) is 15.9. The van der Waals surface area contributed by atoms with Gasteiger partial charge in [-0.05, 0) is 18.6 Å². The molecule has 1 N–H and O–H groups in total. The Bertz CT molecular complexity index is 1230. The van der Waals surface area contributed by atoms with Gasteiger partial charge in [-0.3, -0.25) is 4.68 Å². The number of aromatic nitrogens is 4. The molecule has 2 aromatic heterocycles. The van der Waals surface area contributed by atoms with E-state index in [0.717, 1.165) is 33.5 Å². The third-order valence-electron chi connectivity index (χ3n) is 5.36. The Kier molecular flexibility index (Phi) is 4.01. The molecule has 3 heterocycles. The van der Waals surface area contributed by atoms with Crippen LogP contribution in [0.25, 0.3) is 22.3 Å². The highest BCUT2D eigenvalue weighted by Gasteiger charge is 2.28. The molecule has 7 nitrogen and oxygen atoms in total. The number of rotatable bonds is 3. The number of aryl methyl sites for hydroxylation is 1. The number of carbonyl (C=O) groups is 1. The maximum absolute atomic E-state index is 11.5. The quantitative estimate of drug-likeness (QED) is 0.583. The number of fused-ring (bicyclic) bond motifs is 2. The van der Waals surface area contributed by atoms with Gasteiger partial charge >= 0.3 is 5.97 Å². The predicted octanol–water partition coefficient (Wildman–Crippen LogP) is 3.29. The summed E-state index contributed by atoms with van der Waals surface area (Å²) in [7, 11) is 1.79. The summed E-state index contributed by atoms with van der Waals surface area (Å²) in [6, 6.07) is 17.9. The first-order valence-electron chi connectivity index (χ1n) is 9.47. The predicted molar refractivity (Wildman–Crippen MR) is 110 cm³/mol. The fraction of sp³-hybridized carbons (Fsp3) is 0.182. The van der Waals surface area contributed by atoms with E-state index in [-0.39, 0.29) is 5.69 Å². The monoisotopic (exact) mass is 385 g/mol. The summed E-state index contributed by atoms with van der Waals surface area (Å²) in [5.41, 5.74) is 3.74. The number of carboxylic acid groups (broad SMARTS) is 1. The van der Waals surface area contributed by atoms with Crippen molar-refractivity contribution >= 4 is 22.7 Å². The first-order chi connectivity index (χ1) is 14.1. The lowest BCUT2D eigenvalue weighted by molar-refractivity contribution is 0.0688. The minimum absolute atomic E-state index is 0.152. The highest BCUT2D eigenvalue weighted by atomic mass is 16.4. The third-order valence-corrected chi connectivity index (χ3v) is 5.36. The summed E-state index contributed by atoms with van der Waals surface area (Å²) < 4.78 is 1.67. The lowest BCUT2D eigenvalue weighted by atomic mass is 10.0. The van der Waals surface area contributed by atoms with Gasteiger partial charge < -0.3 is 10.0 Å². The molecule has 0 aliphatic carbocycles. The van der Waals surface area contributed by atoms with Crippen molar-refractivity contribution < 1.29 is 9.90 Å². The van der Waals surface area contributed by atoms with Crippen LogP contribution in [0, 0.1) is 0 Å². The van der Waals surface area contributed by atoms with Crippen LogP contribution in [0.3, 0.4) is 0 Å². The van der Waals surface area contributed by atoms with Gasteiger partial charge in [0, 0.05) is 30.1 Å². The van der Waals surface area contributed by atoms with E-state index < -0.39 is 5.97 Å². The number of nitrogens with zero attached hydrogens (tertiary/aromatic N) is 5. The zero-order chi connectivity index (χ0) is 20.0. The fourth-order valence-corrected chi connectivity index (χ4v) is 3.94. The van der Waals surface area contributed by atoms with Crippen molar-refractivity contribution in [3.05, 3.63) is 71.5 Å². The maximum Gasteiger partial charge on any atom is 0.356 e. The van der Waals surface area contributed by atoms with Gasteiger partial charge in [0.05, 0.1) is 17.8 Å². The van der Waals surface area contributed by atoms with Crippen LogP contribution in [0.15, 0.2) is 54.6 Å². The van der Waals surface area contributed by atoms with Crippen molar-refractivity contribution in [1.82, 2.24) is 19.7 Å². The van der Waals surface area contributed by atoms with Crippen molar-refractivity contribution in [2.24, 2.45) is 7.05 Å². The Morgan fingerprint density at radius 1 is 1.03 bits per heavy atom. The largest absolute Gasteiger partial charge is 0.476 e. The number of aromatic carboxylic acids is 1. The average Bonchev–Trinajstić information content (AvgIpc) is 3.10. The molecular weight excluding hydrogens is 366 g/mol. The smallest absolute Gasteiger partial charge is 0.356 e. The topological polar surface area (TPSA) is 84.1 Å². The summed E-state index contributed by atoms with van der Waals surface area (Å²) in [5.74, 6) is 0.564. The van der Waals surface area contributed by atoms with Crippen LogP contribution in [0.1, 0.15) is 21.7 Å². The van der Waals surface area contributed by atoms with E-state index in [1.165, 1.54) is 0 Å². The third kappa shape index (κ3) is 2.91. The molecule has 0 unspecified atom stereocenters. The van der Waals surface area contributed by atoms with Gasteiger partial charge in [-0.2, -0.15) is 5.10 Å². The van der Waals surface area contributed by atoms with Gasteiger partial charge in [0.25, 0.3) is 0 Å². The van der Waals surface area contributed by atoms with Gasteiger partial charge in [0.2, 0.25) is 0 Å². The van der Waals surface area contributed by atoms with Crippen LogP contribution in [0.2, 0.25) is 0 Å². The molecule has 0 saturated heterocycles. The molecule has 1 aliphatic heterocycles. The van der Waals surface area contributed by atoms with Crippen molar-refractivity contribution in [1.29, 1.82) is 0 Å². The van der Waals surface area contributed by atoms with Gasteiger partial charge in [-0.15, -0.1) is 0 Å². The zero-order valence-corrected chi connectivity index (χ0v) is 15.9. The number of para-hydroxylation sites is 1. The SMILES string of the molecule is Cn1nc(C(=O)O)c2c1CN(c1nc(-c3ccccc3)nc3ccccc13)CC2. The highest BCUT2D eigenvalue weighted by Crippen LogP contribution is 2.31. The first-order valence-corrected chi connectivity index (χ1v) is 9.47. The molecular formula is C22H19N5O2. The molecule has 0 radical (unpaired) electrons. The number of anilines is 1. The molecule has 0 fully saturated rings. The Hall–Kier alpha value is -3.74. The van der Waals surface area contributed by atoms with Gasteiger partial charge in [0.15, 0.2) is 11.5 Å². The molecule has 0 spiro atoms. The van der Waals surface area contributed by atoms with E-state index in [1.54, 1.807) is 11.7 Å². The lowest BCUT2D eigenvalue weighted by Gasteiger charge is -2.29. The van der Waals surface area contributed by atoms with E-state index in [0.29, 0.717) is 25.3 Å². The maximum atomic E-state index is 11.5. The first kappa shape index (κ1) is 17.4. The van der Waals surface area contributed by atoms with Crippen LogP contribution in [-0.2, 0) is 20.0 Å². The minimum Gasteiger partial charge on any atom is -0.476 e. The summed E-state index contributed by atoms with van der Waals surface area (Å²) in [6.45, 7) is 1.23. The molecule has 0 atom stereocenters. The Labute approximate surface area is 167 Å². The van der Waals surface area contributed by atoms with Gasteiger partial charge in [0.1, 0.15) is 5.82 Å². The molecule has 1 aliphatic rings. The van der Waals surface area contributed by atoms with Crippen molar-refractivity contribution in [2.45, 2.75) is 13.0 Å². The molecule has 0 amide bonds. The van der Waals surface area contributed by atoms with E-state index in [4.69, 9.17) is 9.97 Å². The van der Waals surface area contributed by atoms with Crippen molar-refractivity contribution in [2.75, 3.05) is 11.4 Å². The molecule has 29 heavy (non-hydrogen) atoms. The van der Waals surface area contributed by atoms with E-state index in [9.17, 15) is 9.90 Å². The molecule has 7 heteroatoms. The molecule has 5 rings (SSSR count). The van der Waals surface area contributed by atoms with Gasteiger partial charge in [-0.25, -0.2) is 14.8 Å². The van der Waals surface area contributed by atoms with Crippen LogP contribution in [-0.4, -0.2) is 37.4 Å². The normalized spacial score (nSPS) is 13.5. The molecule has 0 saturated carbocycles. The Morgan fingerprint density at radius 3 is 2.59 bits per heavy atom. The van der Waals surface area contributed by atoms with Crippen LogP contribution in [0.5, 0.6) is 0 Å². The average molecular weight is 385 g/mol. The molecule has 144 valence electrons. The van der Waals surface area contributed by atoms with E-state index in [1.807, 2.05) is 54.6 Å². The molecule has 4 aromatic rings. The lowest BCUT2D eigenvalue weighted by Crippen LogP contribution is -2.32. The number of carboxylic acids is 1. The Morgan fingerprint density at radius 2 is 1.79 bits per heavy atom. The summed E-state index contributed by atoms with van der Waals surface area (Å²) in [6.07, 6.45) is 0.615.